The molecule has 1 saturated heterocycles. The third kappa shape index (κ3) is 4.73. The maximum atomic E-state index is 13.9. The summed E-state index contributed by atoms with van der Waals surface area (Å²) < 4.78 is 5.87. The number of carbonyl (C=O) groups excluding carboxylic acids is 2. The molecule has 0 radical (unpaired) electrons. The van der Waals surface area contributed by atoms with Crippen molar-refractivity contribution >= 4 is 17.5 Å². The normalized spacial score (nSPS) is 23.1. The number of nitrogens with zero attached hydrogens (tertiary/aromatic N) is 1. The minimum Gasteiger partial charge on any atom is -0.494 e. The number of ether oxygens (including phenoxy) is 1. The molecule has 1 heterocycles. The second-order valence-electron chi connectivity index (χ2n) is 9.72. The first-order valence-corrected chi connectivity index (χ1v) is 13.1. The molecule has 5 rings (SSSR count). The Hall–Kier alpha value is -3.66. The Labute approximate surface area is 213 Å². The zero-order valence-electron chi connectivity index (χ0n) is 20.8. The second-order valence-corrected chi connectivity index (χ2v) is 9.72. The number of benzene rings is 3. The van der Waals surface area contributed by atoms with Crippen molar-refractivity contribution in [2.45, 2.75) is 44.4 Å². The van der Waals surface area contributed by atoms with E-state index in [1.54, 1.807) is 0 Å². The molecular formula is C32H33NO3. The lowest BCUT2D eigenvalue weighted by molar-refractivity contribution is -0.122. The average molecular weight is 480 g/mol. The maximum Gasteiger partial charge on any atom is 0.238 e. The van der Waals surface area contributed by atoms with Crippen molar-refractivity contribution in [1.29, 1.82) is 0 Å². The number of unbranched alkanes of at least 4 members (excludes halogenated alkanes) is 3. The lowest BCUT2D eigenvalue weighted by Gasteiger charge is -2.32. The van der Waals surface area contributed by atoms with Gasteiger partial charge in [0.2, 0.25) is 11.8 Å². The van der Waals surface area contributed by atoms with Crippen molar-refractivity contribution in [3.63, 3.8) is 0 Å². The molecular weight excluding hydrogens is 446 g/mol. The monoisotopic (exact) mass is 479 g/mol. The molecule has 0 bridgehead atoms. The molecule has 0 saturated carbocycles. The van der Waals surface area contributed by atoms with Gasteiger partial charge in [-0.05, 0) is 41.8 Å². The topological polar surface area (TPSA) is 46.6 Å². The number of anilines is 1. The van der Waals surface area contributed by atoms with Gasteiger partial charge in [-0.3, -0.25) is 9.59 Å². The largest absolute Gasteiger partial charge is 0.494 e. The van der Waals surface area contributed by atoms with E-state index in [2.05, 4.69) is 19.1 Å². The van der Waals surface area contributed by atoms with Gasteiger partial charge in [0.05, 0.1) is 24.1 Å². The van der Waals surface area contributed by atoms with Crippen LogP contribution in [-0.4, -0.2) is 18.4 Å². The summed E-state index contributed by atoms with van der Waals surface area (Å²) in [6, 6.07) is 27.5. The molecule has 1 aliphatic carbocycles. The summed E-state index contributed by atoms with van der Waals surface area (Å²) in [5.41, 5.74) is 2.73. The molecule has 1 aliphatic heterocycles. The summed E-state index contributed by atoms with van der Waals surface area (Å²) in [5, 5.41) is 0. The predicted molar refractivity (Wildman–Crippen MR) is 143 cm³/mol. The molecule has 2 aliphatic rings. The van der Waals surface area contributed by atoms with Crippen LogP contribution in [0.2, 0.25) is 0 Å². The predicted octanol–water partition coefficient (Wildman–Crippen LogP) is 6.89. The van der Waals surface area contributed by atoms with Crippen molar-refractivity contribution in [3.8, 4) is 5.75 Å². The standard InChI is InChI=1S/C32H33NO3/c1-2-3-4-11-22-36-26-18-16-25(17-19-26)33-31(34)29-27(23-12-7-5-8-13-23)20-21-28(30(29)32(33)35)24-14-9-6-10-15-24/h5-10,12-21,27-30H,2-4,11,22H2,1H3/t27-,28+,29-,30+. The molecule has 36 heavy (non-hydrogen) atoms. The van der Waals surface area contributed by atoms with Crippen molar-refractivity contribution in [2.24, 2.45) is 11.8 Å². The SMILES string of the molecule is CCCCCCOc1ccc(N2C(=O)[C@@H]3[C@H](C2=O)[C@@H](c2ccccc2)C=C[C@H]3c2ccccc2)cc1. The number of imide groups is 1. The Morgan fingerprint density at radius 1 is 0.667 bits per heavy atom. The van der Waals surface area contributed by atoms with E-state index in [0.29, 0.717) is 12.3 Å². The highest BCUT2D eigenvalue weighted by atomic mass is 16.5. The van der Waals surface area contributed by atoms with E-state index in [4.69, 9.17) is 4.74 Å². The Morgan fingerprint density at radius 2 is 1.19 bits per heavy atom. The molecule has 1 fully saturated rings. The van der Waals surface area contributed by atoms with Crippen LogP contribution in [0.3, 0.4) is 0 Å². The van der Waals surface area contributed by atoms with Crippen molar-refractivity contribution in [1.82, 2.24) is 0 Å². The van der Waals surface area contributed by atoms with Gasteiger partial charge in [-0.25, -0.2) is 4.90 Å². The minimum atomic E-state index is -0.440. The van der Waals surface area contributed by atoms with Crippen LogP contribution in [0.5, 0.6) is 5.75 Å². The summed E-state index contributed by atoms with van der Waals surface area (Å²) in [4.78, 5) is 29.2. The fraction of sp³-hybridized carbons (Fsp3) is 0.312. The molecule has 0 spiro atoms. The van der Waals surface area contributed by atoms with Gasteiger partial charge in [-0.15, -0.1) is 0 Å². The van der Waals surface area contributed by atoms with E-state index in [-0.39, 0.29) is 23.7 Å². The van der Waals surface area contributed by atoms with Crippen molar-refractivity contribution in [2.75, 3.05) is 11.5 Å². The third-order valence-corrected chi connectivity index (χ3v) is 7.43. The highest BCUT2D eigenvalue weighted by molar-refractivity contribution is 6.23. The van der Waals surface area contributed by atoms with Crippen LogP contribution in [0.4, 0.5) is 5.69 Å². The Morgan fingerprint density at radius 3 is 1.69 bits per heavy atom. The van der Waals surface area contributed by atoms with Gasteiger partial charge in [-0.2, -0.15) is 0 Å². The van der Waals surface area contributed by atoms with E-state index in [1.807, 2.05) is 84.9 Å². The first-order chi connectivity index (χ1) is 17.7. The quantitative estimate of drug-likeness (QED) is 0.191. The Bertz CT molecular complexity index is 1140. The van der Waals surface area contributed by atoms with Gasteiger partial charge in [-0.1, -0.05) is 99.0 Å². The molecule has 4 atom stereocenters. The number of carbonyl (C=O) groups is 2. The van der Waals surface area contributed by atoms with Crippen LogP contribution >= 0.6 is 0 Å². The lowest BCUT2D eigenvalue weighted by atomic mass is 9.68. The highest BCUT2D eigenvalue weighted by Gasteiger charge is 2.55. The first kappa shape index (κ1) is 24.1. The van der Waals surface area contributed by atoms with Gasteiger partial charge in [0.15, 0.2) is 0 Å². The number of rotatable bonds is 9. The zero-order valence-corrected chi connectivity index (χ0v) is 20.8. The fourth-order valence-corrected chi connectivity index (χ4v) is 5.60. The minimum absolute atomic E-state index is 0.127. The Balaban J connectivity index is 1.42. The first-order valence-electron chi connectivity index (χ1n) is 13.1. The summed E-state index contributed by atoms with van der Waals surface area (Å²) in [5.74, 6) is -0.645. The Kier molecular flexibility index (Phi) is 7.31. The lowest BCUT2D eigenvalue weighted by Crippen LogP contribution is -2.31. The highest BCUT2D eigenvalue weighted by Crippen LogP contribution is 2.50. The number of hydrogen-bond donors (Lipinski definition) is 0. The summed E-state index contributed by atoms with van der Waals surface area (Å²) >= 11 is 0. The van der Waals surface area contributed by atoms with Crippen molar-refractivity contribution < 1.29 is 14.3 Å². The van der Waals surface area contributed by atoms with E-state index < -0.39 is 11.8 Å². The average Bonchev–Trinajstić information content (AvgIpc) is 3.20. The zero-order chi connectivity index (χ0) is 24.9. The van der Waals surface area contributed by atoms with Gasteiger partial charge in [0.25, 0.3) is 0 Å². The van der Waals surface area contributed by atoms with E-state index in [1.165, 1.54) is 17.7 Å². The van der Waals surface area contributed by atoms with E-state index >= 15 is 0 Å². The molecule has 0 aromatic heterocycles. The number of allylic oxidation sites excluding steroid dienone is 2. The molecule has 184 valence electrons. The maximum absolute atomic E-state index is 13.9. The van der Waals surface area contributed by atoms with Gasteiger partial charge < -0.3 is 4.74 Å². The number of fused-ring (bicyclic) bond motifs is 1. The van der Waals surface area contributed by atoms with Crippen molar-refractivity contribution in [3.05, 3.63) is 108 Å². The molecule has 0 unspecified atom stereocenters. The second kappa shape index (κ2) is 10.9. The van der Waals surface area contributed by atoms with E-state index in [0.717, 1.165) is 29.7 Å². The molecule has 4 nitrogen and oxygen atoms in total. The van der Waals surface area contributed by atoms with Gasteiger partial charge in [0.1, 0.15) is 5.75 Å². The fourth-order valence-electron chi connectivity index (χ4n) is 5.60. The van der Waals surface area contributed by atoms with Crippen LogP contribution in [0.15, 0.2) is 97.1 Å². The van der Waals surface area contributed by atoms with Gasteiger partial charge in [0, 0.05) is 11.8 Å². The van der Waals surface area contributed by atoms with E-state index in [9.17, 15) is 9.59 Å². The van der Waals surface area contributed by atoms with Gasteiger partial charge >= 0.3 is 0 Å². The summed E-state index contributed by atoms with van der Waals surface area (Å²) in [7, 11) is 0. The van der Waals surface area contributed by atoms with Crippen LogP contribution < -0.4 is 9.64 Å². The van der Waals surface area contributed by atoms with Crippen LogP contribution in [0.25, 0.3) is 0 Å². The molecule has 0 N–H and O–H groups in total. The number of hydrogen-bond acceptors (Lipinski definition) is 3. The molecule has 3 aromatic carbocycles. The summed E-state index contributed by atoms with van der Waals surface area (Å²) in [6.45, 7) is 2.87. The molecule has 2 amide bonds. The number of amides is 2. The third-order valence-electron chi connectivity index (χ3n) is 7.43. The molecule has 3 aromatic rings. The van der Waals surface area contributed by atoms with Crippen LogP contribution in [-0.2, 0) is 9.59 Å². The smallest absolute Gasteiger partial charge is 0.238 e. The van der Waals surface area contributed by atoms with Crippen LogP contribution in [0, 0.1) is 11.8 Å². The van der Waals surface area contributed by atoms with Crippen LogP contribution in [0.1, 0.15) is 55.6 Å². The molecule has 4 heteroatoms. The summed E-state index contributed by atoms with van der Waals surface area (Å²) in [6.07, 6.45) is 8.84.